The van der Waals surface area contributed by atoms with E-state index in [9.17, 15) is 0 Å². The zero-order chi connectivity index (χ0) is 12.2. The van der Waals surface area contributed by atoms with Crippen LogP contribution in [0.2, 0.25) is 0 Å². The summed E-state index contributed by atoms with van der Waals surface area (Å²) in [6.07, 6.45) is 8.62. The molecule has 0 spiro atoms. The minimum absolute atomic E-state index is 0.766. The minimum Gasteiger partial charge on any atom is -0.313 e. The van der Waals surface area contributed by atoms with Crippen LogP contribution < -0.4 is 5.32 Å². The lowest BCUT2D eigenvalue weighted by Gasteiger charge is -2.36. The van der Waals surface area contributed by atoms with Crippen molar-refractivity contribution < 1.29 is 0 Å². The normalized spacial score (nSPS) is 32.3. The molecule has 1 atom stereocenters. The second-order valence-electron chi connectivity index (χ2n) is 6.54. The number of hydrogen-bond donors (Lipinski definition) is 1. The monoisotopic (exact) mass is 251 g/mol. The summed E-state index contributed by atoms with van der Waals surface area (Å²) in [7, 11) is 0. The lowest BCUT2D eigenvalue weighted by atomic mass is 10.1. The molecule has 2 aliphatic heterocycles. The van der Waals surface area contributed by atoms with E-state index in [2.05, 4.69) is 15.1 Å². The average molecular weight is 251 g/mol. The second kappa shape index (κ2) is 6.36. The van der Waals surface area contributed by atoms with E-state index in [0.29, 0.717) is 0 Å². The van der Waals surface area contributed by atoms with Crippen LogP contribution in [0, 0.1) is 5.92 Å². The molecule has 0 aromatic carbocycles. The van der Waals surface area contributed by atoms with Gasteiger partial charge in [0, 0.05) is 45.3 Å². The Hall–Kier alpha value is -0.120. The summed E-state index contributed by atoms with van der Waals surface area (Å²) in [5.74, 6) is 1.06. The molecule has 3 nitrogen and oxygen atoms in total. The van der Waals surface area contributed by atoms with Gasteiger partial charge in [0.25, 0.3) is 0 Å². The van der Waals surface area contributed by atoms with Crippen LogP contribution in [0.5, 0.6) is 0 Å². The quantitative estimate of drug-likeness (QED) is 0.818. The van der Waals surface area contributed by atoms with Gasteiger partial charge in [0.15, 0.2) is 0 Å². The molecule has 0 aromatic rings. The van der Waals surface area contributed by atoms with Crippen molar-refractivity contribution in [3.05, 3.63) is 0 Å². The van der Waals surface area contributed by atoms with Gasteiger partial charge in [0.05, 0.1) is 0 Å². The number of nitrogens with zero attached hydrogens (tertiary/aromatic N) is 2. The van der Waals surface area contributed by atoms with Crippen LogP contribution in [0.15, 0.2) is 0 Å². The van der Waals surface area contributed by atoms with Crippen LogP contribution in [-0.2, 0) is 0 Å². The third kappa shape index (κ3) is 3.94. The molecular formula is C15H29N3. The first kappa shape index (κ1) is 12.9. The molecule has 3 rings (SSSR count). The van der Waals surface area contributed by atoms with Crippen LogP contribution in [0.3, 0.4) is 0 Å². The van der Waals surface area contributed by atoms with Crippen molar-refractivity contribution in [3.63, 3.8) is 0 Å². The standard InChI is InChI=1S/C15H29N3/c1-2-4-15(16-7-3-1)13-18-10-8-17(9-11-18)12-14-5-6-14/h14-16H,1-13H2. The highest BCUT2D eigenvalue weighted by atomic mass is 15.3. The van der Waals surface area contributed by atoms with Gasteiger partial charge in [-0.05, 0) is 38.1 Å². The molecule has 2 heterocycles. The zero-order valence-electron chi connectivity index (χ0n) is 11.7. The Morgan fingerprint density at radius 1 is 0.778 bits per heavy atom. The largest absolute Gasteiger partial charge is 0.313 e. The van der Waals surface area contributed by atoms with E-state index < -0.39 is 0 Å². The molecule has 18 heavy (non-hydrogen) atoms. The summed E-state index contributed by atoms with van der Waals surface area (Å²) in [5.41, 5.74) is 0. The van der Waals surface area contributed by atoms with E-state index in [1.165, 1.54) is 84.3 Å². The first-order chi connectivity index (χ1) is 8.90. The highest BCUT2D eigenvalue weighted by molar-refractivity contribution is 4.82. The van der Waals surface area contributed by atoms with Gasteiger partial charge in [-0.15, -0.1) is 0 Å². The molecule has 0 amide bonds. The molecule has 1 aliphatic carbocycles. The lowest BCUT2D eigenvalue weighted by Crippen LogP contribution is -2.50. The second-order valence-corrected chi connectivity index (χ2v) is 6.54. The molecule has 0 aromatic heterocycles. The van der Waals surface area contributed by atoms with Crippen LogP contribution in [0.25, 0.3) is 0 Å². The number of piperazine rings is 1. The molecule has 104 valence electrons. The van der Waals surface area contributed by atoms with Gasteiger partial charge in [-0.2, -0.15) is 0 Å². The molecule has 0 bridgehead atoms. The molecule has 0 radical (unpaired) electrons. The predicted molar refractivity (Wildman–Crippen MR) is 75.9 cm³/mol. The molecule has 1 N–H and O–H groups in total. The molecule has 2 saturated heterocycles. The number of hydrogen-bond acceptors (Lipinski definition) is 3. The van der Waals surface area contributed by atoms with Gasteiger partial charge in [-0.3, -0.25) is 4.90 Å². The number of nitrogens with one attached hydrogen (secondary N) is 1. The van der Waals surface area contributed by atoms with Crippen LogP contribution >= 0.6 is 0 Å². The molecule has 3 heteroatoms. The van der Waals surface area contributed by atoms with Crippen LogP contribution in [0.1, 0.15) is 38.5 Å². The zero-order valence-corrected chi connectivity index (χ0v) is 11.7. The van der Waals surface area contributed by atoms with Crippen molar-refractivity contribution in [2.75, 3.05) is 45.8 Å². The molecule has 1 unspecified atom stereocenters. The van der Waals surface area contributed by atoms with Gasteiger partial charge >= 0.3 is 0 Å². The average Bonchev–Trinajstić information content (AvgIpc) is 3.19. The van der Waals surface area contributed by atoms with Crippen molar-refractivity contribution in [1.82, 2.24) is 15.1 Å². The Morgan fingerprint density at radius 3 is 2.22 bits per heavy atom. The van der Waals surface area contributed by atoms with E-state index in [4.69, 9.17) is 0 Å². The maximum atomic E-state index is 3.73. The fourth-order valence-electron chi connectivity index (χ4n) is 3.39. The fraction of sp³-hybridized carbons (Fsp3) is 1.00. The first-order valence-corrected chi connectivity index (χ1v) is 8.08. The maximum absolute atomic E-state index is 3.73. The minimum atomic E-state index is 0.766. The van der Waals surface area contributed by atoms with Gasteiger partial charge in [0.2, 0.25) is 0 Å². The Labute approximate surface area is 112 Å². The summed E-state index contributed by atoms with van der Waals surface area (Å²) in [4.78, 5) is 5.38. The summed E-state index contributed by atoms with van der Waals surface area (Å²) < 4.78 is 0. The lowest BCUT2D eigenvalue weighted by molar-refractivity contribution is 0.119. The molecular weight excluding hydrogens is 222 g/mol. The van der Waals surface area contributed by atoms with Crippen LogP contribution in [0.4, 0.5) is 0 Å². The van der Waals surface area contributed by atoms with Gasteiger partial charge in [-0.25, -0.2) is 0 Å². The molecule has 3 fully saturated rings. The van der Waals surface area contributed by atoms with Crippen LogP contribution in [-0.4, -0.2) is 61.7 Å². The Kier molecular flexibility index (Phi) is 4.55. The summed E-state index contributed by atoms with van der Waals surface area (Å²) in [6.45, 7) is 9.13. The van der Waals surface area contributed by atoms with E-state index in [1.54, 1.807) is 0 Å². The third-order valence-electron chi connectivity index (χ3n) is 4.82. The highest BCUT2D eigenvalue weighted by Gasteiger charge is 2.27. The van der Waals surface area contributed by atoms with Gasteiger partial charge < -0.3 is 10.2 Å². The fourth-order valence-corrected chi connectivity index (χ4v) is 3.39. The number of rotatable bonds is 4. The van der Waals surface area contributed by atoms with Crippen molar-refractivity contribution in [2.45, 2.75) is 44.6 Å². The van der Waals surface area contributed by atoms with Crippen molar-refractivity contribution in [2.24, 2.45) is 5.92 Å². The SMILES string of the molecule is C1CCNC(CN2CCN(CC3CC3)CC2)CC1. The Balaban J connectivity index is 1.36. The van der Waals surface area contributed by atoms with Crippen molar-refractivity contribution in [3.8, 4) is 0 Å². The first-order valence-electron chi connectivity index (χ1n) is 8.08. The third-order valence-corrected chi connectivity index (χ3v) is 4.82. The van der Waals surface area contributed by atoms with E-state index in [1.807, 2.05) is 0 Å². The van der Waals surface area contributed by atoms with Gasteiger partial charge in [-0.1, -0.05) is 12.8 Å². The molecule has 1 saturated carbocycles. The summed E-state index contributed by atoms with van der Waals surface area (Å²) in [5, 5.41) is 3.73. The topological polar surface area (TPSA) is 18.5 Å². The predicted octanol–water partition coefficient (Wildman–Crippen LogP) is 1.55. The highest BCUT2D eigenvalue weighted by Crippen LogP contribution is 2.29. The Morgan fingerprint density at radius 2 is 1.50 bits per heavy atom. The maximum Gasteiger partial charge on any atom is 0.0195 e. The van der Waals surface area contributed by atoms with Crippen molar-refractivity contribution in [1.29, 1.82) is 0 Å². The van der Waals surface area contributed by atoms with Crippen molar-refractivity contribution >= 4 is 0 Å². The van der Waals surface area contributed by atoms with Gasteiger partial charge in [0.1, 0.15) is 0 Å². The van der Waals surface area contributed by atoms with E-state index >= 15 is 0 Å². The Bertz CT molecular complexity index is 236. The molecule has 3 aliphatic rings. The van der Waals surface area contributed by atoms with E-state index in [-0.39, 0.29) is 0 Å². The smallest absolute Gasteiger partial charge is 0.0195 e. The summed E-state index contributed by atoms with van der Waals surface area (Å²) >= 11 is 0. The van der Waals surface area contributed by atoms with E-state index in [0.717, 1.165) is 12.0 Å². The summed E-state index contributed by atoms with van der Waals surface area (Å²) in [6, 6.07) is 0.766.